The number of unbranched alkanes of at least 4 members (excludes halogenated alkanes) is 3. The van der Waals surface area contributed by atoms with Crippen LogP contribution in [0.4, 0.5) is 0 Å². The molecule has 0 atom stereocenters. The average Bonchev–Trinajstić information content (AvgIpc) is 2.76. The van der Waals surface area contributed by atoms with Crippen molar-refractivity contribution in [1.82, 2.24) is 0 Å². The lowest BCUT2D eigenvalue weighted by Crippen LogP contribution is -2.28. The van der Waals surface area contributed by atoms with Gasteiger partial charge in [-0.15, -0.1) is 0 Å². The molecule has 17 heavy (non-hydrogen) atoms. The molecule has 0 N–H and O–H groups in total. The van der Waals surface area contributed by atoms with Gasteiger partial charge in [-0.1, -0.05) is 52.9 Å². The maximum Gasteiger partial charge on any atom is 0.183 e. The highest BCUT2D eigenvalue weighted by molar-refractivity contribution is 5.78. The lowest BCUT2D eigenvalue weighted by Gasteiger charge is -2.23. The summed E-state index contributed by atoms with van der Waals surface area (Å²) in [4.78, 5) is 4.93. The van der Waals surface area contributed by atoms with Crippen LogP contribution in [0.3, 0.4) is 0 Å². The molecule has 0 spiro atoms. The Morgan fingerprint density at radius 1 is 1.00 bits per heavy atom. The lowest BCUT2D eigenvalue weighted by atomic mass is 9.89. The summed E-state index contributed by atoms with van der Waals surface area (Å²) in [5, 5.41) is 0. The van der Waals surface area contributed by atoms with Gasteiger partial charge in [0.1, 0.15) is 6.61 Å². The lowest BCUT2D eigenvalue weighted by molar-refractivity contribution is 0.224. The van der Waals surface area contributed by atoms with Crippen molar-refractivity contribution >= 4 is 5.90 Å². The van der Waals surface area contributed by atoms with Crippen LogP contribution in [-0.2, 0) is 4.74 Å². The zero-order chi connectivity index (χ0) is 12.6. The third-order valence-corrected chi connectivity index (χ3v) is 3.60. The SMILES string of the molecule is CCCCC1=NC(CCCC)(CCCC)CO1. The second kappa shape index (κ2) is 7.73. The highest BCUT2D eigenvalue weighted by atomic mass is 16.5. The molecular formula is C15H29NO. The van der Waals surface area contributed by atoms with Gasteiger partial charge in [-0.2, -0.15) is 0 Å². The summed E-state index contributed by atoms with van der Waals surface area (Å²) in [5.74, 6) is 1.03. The molecule has 0 unspecified atom stereocenters. The van der Waals surface area contributed by atoms with Crippen molar-refractivity contribution in [2.75, 3.05) is 6.61 Å². The molecule has 2 nitrogen and oxygen atoms in total. The van der Waals surface area contributed by atoms with Gasteiger partial charge in [-0.3, -0.25) is 0 Å². The summed E-state index contributed by atoms with van der Waals surface area (Å²) in [5.41, 5.74) is 0.134. The second-order valence-electron chi connectivity index (χ2n) is 5.33. The van der Waals surface area contributed by atoms with E-state index in [1.165, 1.54) is 51.4 Å². The fourth-order valence-corrected chi connectivity index (χ4v) is 2.40. The summed E-state index contributed by atoms with van der Waals surface area (Å²) < 4.78 is 5.82. The van der Waals surface area contributed by atoms with Crippen LogP contribution in [0.15, 0.2) is 4.99 Å². The van der Waals surface area contributed by atoms with Crippen LogP contribution >= 0.6 is 0 Å². The van der Waals surface area contributed by atoms with Crippen LogP contribution in [0.5, 0.6) is 0 Å². The summed E-state index contributed by atoms with van der Waals surface area (Å²) in [6.45, 7) is 7.57. The maximum atomic E-state index is 5.82. The molecule has 1 aliphatic rings. The molecule has 1 heterocycles. The van der Waals surface area contributed by atoms with E-state index in [-0.39, 0.29) is 5.54 Å². The molecule has 1 rings (SSSR count). The molecule has 0 aromatic heterocycles. The second-order valence-corrected chi connectivity index (χ2v) is 5.33. The van der Waals surface area contributed by atoms with Gasteiger partial charge < -0.3 is 4.74 Å². The monoisotopic (exact) mass is 239 g/mol. The van der Waals surface area contributed by atoms with E-state index in [1.807, 2.05) is 0 Å². The molecule has 0 fully saturated rings. The Kier molecular flexibility index (Phi) is 6.61. The molecule has 0 saturated carbocycles. The van der Waals surface area contributed by atoms with Gasteiger partial charge in [-0.25, -0.2) is 4.99 Å². The Bertz CT molecular complexity index is 227. The first-order valence-electron chi connectivity index (χ1n) is 7.48. The minimum atomic E-state index is 0.134. The topological polar surface area (TPSA) is 21.6 Å². The van der Waals surface area contributed by atoms with Crippen LogP contribution in [-0.4, -0.2) is 18.0 Å². The zero-order valence-corrected chi connectivity index (χ0v) is 11.9. The number of rotatable bonds is 9. The predicted molar refractivity (Wildman–Crippen MR) is 74.7 cm³/mol. The van der Waals surface area contributed by atoms with Crippen molar-refractivity contribution in [2.24, 2.45) is 4.99 Å². The Morgan fingerprint density at radius 2 is 1.59 bits per heavy atom. The van der Waals surface area contributed by atoms with Gasteiger partial charge in [-0.05, 0) is 19.3 Å². The predicted octanol–water partition coefficient (Wildman–Crippen LogP) is 4.72. The quantitative estimate of drug-likeness (QED) is 0.570. The van der Waals surface area contributed by atoms with E-state index in [4.69, 9.17) is 9.73 Å². The number of aliphatic imine (C=N–C) groups is 1. The van der Waals surface area contributed by atoms with Crippen LogP contribution in [0, 0.1) is 0 Å². The van der Waals surface area contributed by atoms with Crippen molar-refractivity contribution < 1.29 is 4.74 Å². The maximum absolute atomic E-state index is 5.82. The Balaban J connectivity index is 2.54. The average molecular weight is 239 g/mol. The summed E-state index contributed by atoms with van der Waals surface area (Å²) in [6.07, 6.45) is 10.9. The first kappa shape index (κ1) is 14.5. The summed E-state index contributed by atoms with van der Waals surface area (Å²) >= 11 is 0. The van der Waals surface area contributed by atoms with E-state index in [0.717, 1.165) is 18.9 Å². The van der Waals surface area contributed by atoms with Crippen molar-refractivity contribution in [3.63, 3.8) is 0 Å². The largest absolute Gasteiger partial charge is 0.478 e. The highest BCUT2D eigenvalue weighted by Crippen LogP contribution is 2.31. The fraction of sp³-hybridized carbons (Fsp3) is 0.933. The molecule has 2 heteroatoms. The minimum Gasteiger partial charge on any atom is -0.478 e. The molecule has 0 aliphatic carbocycles. The summed E-state index contributed by atoms with van der Waals surface area (Å²) in [6, 6.07) is 0. The van der Waals surface area contributed by atoms with Crippen molar-refractivity contribution in [3.8, 4) is 0 Å². The van der Waals surface area contributed by atoms with E-state index < -0.39 is 0 Å². The number of hydrogen-bond donors (Lipinski definition) is 0. The molecule has 1 aliphatic heterocycles. The highest BCUT2D eigenvalue weighted by Gasteiger charge is 2.34. The molecule has 0 aromatic carbocycles. The molecule has 0 amide bonds. The molecule has 0 saturated heterocycles. The Hall–Kier alpha value is -0.530. The van der Waals surface area contributed by atoms with E-state index >= 15 is 0 Å². The van der Waals surface area contributed by atoms with Gasteiger partial charge in [0.25, 0.3) is 0 Å². The number of ether oxygens (including phenoxy) is 1. The Morgan fingerprint density at radius 3 is 2.12 bits per heavy atom. The van der Waals surface area contributed by atoms with Crippen LogP contribution < -0.4 is 0 Å². The third-order valence-electron chi connectivity index (χ3n) is 3.60. The van der Waals surface area contributed by atoms with Crippen LogP contribution in [0.2, 0.25) is 0 Å². The van der Waals surface area contributed by atoms with Crippen LogP contribution in [0.25, 0.3) is 0 Å². The van der Waals surface area contributed by atoms with Crippen molar-refractivity contribution in [2.45, 2.75) is 84.1 Å². The molecule has 0 aromatic rings. The van der Waals surface area contributed by atoms with Crippen LogP contribution in [0.1, 0.15) is 78.6 Å². The van der Waals surface area contributed by atoms with Gasteiger partial charge in [0, 0.05) is 6.42 Å². The van der Waals surface area contributed by atoms with E-state index in [9.17, 15) is 0 Å². The third kappa shape index (κ3) is 4.69. The first-order valence-corrected chi connectivity index (χ1v) is 7.48. The number of hydrogen-bond acceptors (Lipinski definition) is 2. The standard InChI is InChI=1S/C15H29NO/c1-4-7-10-14-16-15(13-17-14,11-8-5-2)12-9-6-3/h4-13H2,1-3H3. The zero-order valence-electron chi connectivity index (χ0n) is 11.9. The van der Waals surface area contributed by atoms with Crippen molar-refractivity contribution in [3.05, 3.63) is 0 Å². The molecule has 0 radical (unpaired) electrons. The molecule has 0 bridgehead atoms. The minimum absolute atomic E-state index is 0.134. The van der Waals surface area contributed by atoms with E-state index in [2.05, 4.69) is 20.8 Å². The molecular weight excluding hydrogens is 210 g/mol. The first-order chi connectivity index (χ1) is 8.26. The van der Waals surface area contributed by atoms with Gasteiger partial charge in [0.2, 0.25) is 0 Å². The van der Waals surface area contributed by atoms with E-state index in [1.54, 1.807) is 0 Å². The van der Waals surface area contributed by atoms with Crippen molar-refractivity contribution in [1.29, 1.82) is 0 Å². The Labute approximate surface area is 107 Å². The fourth-order valence-electron chi connectivity index (χ4n) is 2.40. The van der Waals surface area contributed by atoms with Gasteiger partial charge in [0.05, 0.1) is 5.54 Å². The smallest absolute Gasteiger partial charge is 0.183 e. The van der Waals surface area contributed by atoms with Gasteiger partial charge in [0.15, 0.2) is 5.90 Å². The summed E-state index contributed by atoms with van der Waals surface area (Å²) in [7, 11) is 0. The molecule has 100 valence electrons. The normalized spacial score (nSPS) is 17.9. The van der Waals surface area contributed by atoms with E-state index in [0.29, 0.717) is 0 Å². The number of nitrogens with zero attached hydrogens (tertiary/aromatic N) is 1. The van der Waals surface area contributed by atoms with Gasteiger partial charge >= 0.3 is 0 Å².